The molecule has 1 aliphatic rings. The molecular weight excluding hydrogens is 286 g/mol. The molecule has 1 N–H and O–H groups in total. The molecule has 2 unspecified atom stereocenters. The summed E-state index contributed by atoms with van der Waals surface area (Å²) in [5.41, 5.74) is 1.06. The third kappa shape index (κ3) is 4.28. The molecule has 0 spiro atoms. The van der Waals surface area contributed by atoms with Crippen molar-refractivity contribution in [1.82, 2.24) is 4.31 Å². The van der Waals surface area contributed by atoms with E-state index in [1.54, 1.807) is 11.2 Å². The number of piperidine rings is 1. The number of hydrogen-bond acceptors (Lipinski definition) is 3. The summed E-state index contributed by atoms with van der Waals surface area (Å²) in [4.78, 5) is 0. The summed E-state index contributed by atoms with van der Waals surface area (Å²) in [6, 6.07) is 9.75. The summed E-state index contributed by atoms with van der Waals surface area (Å²) >= 11 is 0. The van der Waals surface area contributed by atoms with Gasteiger partial charge in [-0.05, 0) is 37.2 Å². The van der Waals surface area contributed by atoms with E-state index in [1.165, 1.54) is 0 Å². The number of aliphatic hydroxyl groups excluding tert-OH is 1. The van der Waals surface area contributed by atoms with Crippen LogP contribution in [0.25, 0.3) is 0 Å². The Labute approximate surface area is 127 Å². The lowest BCUT2D eigenvalue weighted by atomic mass is 9.93. The highest BCUT2D eigenvalue weighted by Gasteiger charge is 2.30. The predicted molar refractivity (Wildman–Crippen MR) is 84.6 cm³/mol. The fourth-order valence-electron chi connectivity index (χ4n) is 2.94. The largest absolute Gasteiger partial charge is 0.393 e. The summed E-state index contributed by atoms with van der Waals surface area (Å²) in [5, 5.41) is 9.59. The maximum Gasteiger partial charge on any atom is 0.214 e. The van der Waals surface area contributed by atoms with Crippen LogP contribution in [0, 0.1) is 5.92 Å². The number of hydrogen-bond donors (Lipinski definition) is 1. The summed E-state index contributed by atoms with van der Waals surface area (Å²) in [7, 11) is -3.23. The molecular formula is C16H25NO3S. The van der Waals surface area contributed by atoms with Gasteiger partial charge in [0.1, 0.15) is 0 Å². The Morgan fingerprint density at radius 3 is 2.29 bits per heavy atom. The fraction of sp³-hybridized carbons (Fsp3) is 0.625. The number of rotatable bonds is 5. The van der Waals surface area contributed by atoms with Crippen LogP contribution in [0.1, 0.15) is 38.2 Å². The van der Waals surface area contributed by atoms with Crippen molar-refractivity contribution < 1.29 is 13.5 Å². The van der Waals surface area contributed by atoms with E-state index in [2.05, 4.69) is 0 Å². The maximum atomic E-state index is 12.5. The predicted octanol–water partition coefficient (Wildman–Crippen LogP) is 2.21. The molecule has 2 rings (SSSR count). The normalized spacial score (nSPS) is 21.1. The molecule has 1 saturated heterocycles. The molecule has 0 bridgehead atoms. The Morgan fingerprint density at radius 2 is 1.76 bits per heavy atom. The van der Waals surface area contributed by atoms with E-state index < -0.39 is 10.0 Å². The van der Waals surface area contributed by atoms with E-state index in [-0.39, 0.29) is 23.7 Å². The van der Waals surface area contributed by atoms with Crippen molar-refractivity contribution in [1.29, 1.82) is 0 Å². The van der Waals surface area contributed by atoms with Crippen LogP contribution < -0.4 is 0 Å². The van der Waals surface area contributed by atoms with Gasteiger partial charge in [-0.15, -0.1) is 0 Å². The van der Waals surface area contributed by atoms with Gasteiger partial charge in [-0.25, -0.2) is 12.7 Å². The minimum Gasteiger partial charge on any atom is -0.393 e. The molecule has 2 atom stereocenters. The van der Waals surface area contributed by atoms with Crippen molar-refractivity contribution in [3.05, 3.63) is 35.9 Å². The highest BCUT2D eigenvalue weighted by molar-refractivity contribution is 7.89. The first-order valence-corrected chi connectivity index (χ1v) is 9.22. The first kappa shape index (κ1) is 16.5. The van der Waals surface area contributed by atoms with Gasteiger partial charge in [-0.3, -0.25) is 0 Å². The number of sulfonamides is 1. The van der Waals surface area contributed by atoms with Gasteiger partial charge in [0.05, 0.1) is 11.9 Å². The van der Waals surface area contributed by atoms with Gasteiger partial charge in [0, 0.05) is 13.1 Å². The first-order valence-electron chi connectivity index (χ1n) is 7.61. The highest BCUT2D eigenvalue weighted by Crippen LogP contribution is 2.25. The van der Waals surface area contributed by atoms with E-state index >= 15 is 0 Å². The van der Waals surface area contributed by atoms with Gasteiger partial charge in [0.25, 0.3) is 0 Å². The molecule has 1 heterocycles. The Morgan fingerprint density at radius 1 is 1.19 bits per heavy atom. The minimum atomic E-state index is -3.23. The third-order valence-corrected chi connectivity index (χ3v) is 6.48. The van der Waals surface area contributed by atoms with Crippen molar-refractivity contribution in [2.24, 2.45) is 5.92 Å². The lowest BCUT2D eigenvalue weighted by molar-refractivity contribution is 0.0912. The SMILES string of the molecule is CC(CS(=O)(=O)N1CCC(C(C)O)CC1)c1ccccc1. The van der Waals surface area contributed by atoms with Crippen LogP contribution in [0.5, 0.6) is 0 Å². The monoisotopic (exact) mass is 311 g/mol. The van der Waals surface area contributed by atoms with Crippen molar-refractivity contribution in [2.45, 2.75) is 38.7 Å². The van der Waals surface area contributed by atoms with Crippen LogP contribution >= 0.6 is 0 Å². The van der Waals surface area contributed by atoms with Gasteiger partial charge in [-0.1, -0.05) is 37.3 Å². The number of benzene rings is 1. The Bertz CT molecular complexity index is 534. The molecule has 118 valence electrons. The molecule has 5 heteroatoms. The van der Waals surface area contributed by atoms with E-state index in [0.29, 0.717) is 13.1 Å². The lowest BCUT2D eigenvalue weighted by Crippen LogP contribution is -2.42. The summed E-state index contributed by atoms with van der Waals surface area (Å²) < 4.78 is 26.6. The lowest BCUT2D eigenvalue weighted by Gasteiger charge is -2.33. The third-order valence-electron chi connectivity index (χ3n) is 4.40. The average molecular weight is 311 g/mol. The zero-order valence-corrected chi connectivity index (χ0v) is 13.6. The second-order valence-electron chi connectivity index (χ2n) is 6.07. The molecule has 4 nitrogen and oxygen atoms in total. The zero-order chi connectivity index (χ0) is 15.5. The van der Waals surface area contributed by atoms with Crippen molar-refractivity contribution in [3.63, 3.8) is 0 Å². The second kappa shape index (κ2) is 6.90. The minimum absolute atomic E-state index is 0.00862. The van der Waals surface area contributed by atoms with Crippen LogP contribution in [0.15, 0.2) is 30.3 Å². The average Bonchev–Trinajstić information content (AvgIpc) is 2.48. The van der Waals surface area contributed by atoms with Crippen LogP contribution in [-0.4, -0.2) is 42.8 Å². The van der Waals surface area contributed by atoms with Crippen molar-refractivity contribution in [3.8, 4) is 0 Å². The van der Waals surface area contributed by atoms with Gasteiger partial charge in [0.2, 0.25) is 10.0 Å². The summed E-state index contributed by atoms with van der Waals surface area (Å²) in [5.74, 6) is 0.366. The Kier molecular flexibility index (Phi) is 5.41. The zero-order valence-electron chi connectivity index (χ0n) is 12.8. The van der Waals surface area contributed by atoms with Crippen LogP contribution in [0.3, 0.4) is 0 Å². The van der Waals surface area contributed by atoms with E-state index in [1.807, 2.05) is 37.3 Å². The molecule has 21 heavy (non-hydrogen) atoms. The van der Waals surface area contributed by atoms with Crippen LogP contribution in [0.4, 0.5) is 0 Å². The molecule has 0 saturated carbocycles. The first-order chi connectivity index (χ1) is 9.90. The maximum absolute atomic E-state index is 12.5. The molecule has 0 amide bonds. The summed E-state index contributed by atoms with van der Waals surface area (Å²) in [6.45, 7) is 4.79. The molecule has 1 aliphatic heterocycles. The van der Waals surface area contributed by atoms with Crippen LogP contribution in [-0.2, 0) is 10.0 Å². The number of aliphatic hydroxyl groups is 1. The van der Waals surface area contributed by atoms with Gasteiger partial charge < -0.3 is 5.11 Å². The van der Waals surface area contributed by atoms with E-state index in [4.69, 9.17) is 0 Å². The molecule has 1 aromatic rings. The quantitative estimate of drug-likeness (QED) is 0.907. The summed E-state index contributed by atoms with van der Waals surface area (Å²) in [6.07, 6.45) is 1.14. The molecule has 1 aromatic carbocycles. The highest BCUT2D eigenvalue weighted by atomic mass is 32.2. The molecule has 0 aliphatic carbocycles. The number of nitrogens with zero attached hydrogens (tertiary/aromatic N) is 1. The van der Waals surface area contributed by atoms with Crippen LogP contribution in [0.2, 0.25) is 0 Å². The Balaban J connectivity index is 1.97. The van der Waals surface area contributed by atoms with E-state index in [0.717, 1.165) is 18.4 Å². The molecule has 0 radical (unpaired) electrons. The standard InChI is InChI=1S/C16H25NO3S/c1-13(15-6-4-3-5-7-15)12-21(19,20)17-10-8-16(9-11-17)14(2)18/h3-7,13-14,16,18H,8-12H2,1-2H3. The topological polar surface area (TPSA) is 57.6 Å². The fourth-order valence-corrected chi connectivity index (χ4v) is 4.74. The Hall–Kier alpha value is -0.910. The van der Waals surface area contributed by atoms with Gasteiger partial charge in [0.15, 0.2) is 0 Å². The second-order valence-corrected chi connectivity index (χ2v) is 8.08. The van der Waals surface area contributed by atoms with E-state index in [9.17, 15) is 13.5 Å². The van der Waals surface area contributed by atoms with Gasteiger partial charge in [-0.2, -0.15) is 0 Å². The smallest absolute Gasteiger partial charge is 0.214 e. The van der Waals surface area contributed by atoms with Gasteiger partial charge >= 0.3 is 0 Å². The van der Waals surface area contributed by atoms with Crippen molar-refractivity contribution >= 4 is 10.0 Å². The molecule has 0 aromatic heterocycles. The molecule has 1 fully saturated rings. The van der Waals surface area contributed by atoms with Crippen molar-refractivity contribution in [2.75, 3.05) is 18.8 Å².